The van der Waals surface area contributed by atoms with Crippen molar-refractivity contribution < 1.29 is 14.9 Å². The van der Waals surface area contributed by atoms with Gasteiger partial charge >= 0.3 is 0 Å². The van der Waals surface area contributed by atoms with Gasteiger partial charge in [0.15, 0.2) is 0 Å². The molecule has 0 amide bonds. The number of aromatic hydroxyl groups is 2. The third kappa shape index (κ3) is 7.84. The van der Waals surface area contributed by atoms with Crippen molar-refractivity contribution in [1.29, 1.82) is 0 Å². The highest BCUT2D eigenvalue weighted by atomic mass is 32.2. The van der Waals surface area contributed by atoms with E-state index in [4.69, 9.17) is 4.74 Å². The maximum absolute atomic E-state index is 10.6. The molecule has 70 heavy (non-hydrogen) atoms. The van der Waals surface area contributed by atoms with Crippen molar-refractivity contribution in [2.75, 3.05) is 24.4 Å². The standard InChI is InChI=1S/C22H32OS.2C21H30OS/c1-20(2)11-7-12-21(3)17(20)10-13-22(4)18(21)14-24-16-9-6-8-15(23-5)19(16)22;2*1-19(2)10-6-11-20(3)16(19)9-12-21(4)17(20)13-23-15-8-5-7-14(22)18(15)21/h6,8-9,17-18H,7,10-14H2,1-5H3;2*5,7-8,16-17,22H,6,9-13H2,1-4H3/t17-,18+,21-,22+;2*16-,17+,20-,21+/m000/s1. The van der Waals surface area contributed by atoms with Crippen molar-refractivity contribution in [3.8, 4) is 17.2 Å². The van der Waals surface area contributed by atoms with Crippen LogP contribution in [0.3, 0.4) is 0 Å². The van der Waals surface area contributed by atoms with Crippen LogP contribution in [0.2, 0.25) is 0 Å². The summed E-state index contributed by atoms with van der Waals surface area (Å²) in [4.78, 5) is 4.10. The molecule has 2 N–H and O–H groups in total. The van der Waals surface area contributed by atoms with Crippen LogP contribution in [0, 0.1) is 68.0 Å². The van der Waals surface area contributed by atoms with Gasteiger partial charge in [0.2, 0.25) is 0 Å². The van der Waals surface area contributed by atoms with Gasteiger partial charge in [-0.1, -0.05) is 121 Å². The Morgan fingerprint density at radius 3 is 1.06 bits per heavy atom. The van der Waals surface area contributed by atoms with Gasteiger partial charge in [0.25, 0.3) is 0 Å². The van der Waals surface area contributed by atoms with Gasteiger partial charge in [-0.05, 0) is 181 Å². The number of rotatable bonds is 1. The van der Waals surface area contributed by atoms with Gasteiger partial charge in [-0.2, -0.15) is 0 Å². The van der Waals surface area contributed by atoms with Crippen LogP contribution < -0.4 is 4.74 Å². The fraction of sp³-hybridized carbons (Fsp3) is 0.719. The number of hydrogen-bond donors (Lipinski definition) is 2. The molecule has 6 aliphatic carbocycles. The van der Waals surface area contributed by atoms with Gasteiger partial charge in [-0.15, -0.1) is 35.3 Å². The number of fused-ring (bicyclic) bond motifs is 15. The maximum atomic E-state index is 10.6. The zero-order chi connectivity index (χ0) is 50.1. The Labute approximate surface area is 438 Å². The monoisotopic (exact) mass is 1000 g/mol. The third-order valence-corrected chi connectivity index (χ3v) is 27.0. The smallest absolute Gasteiger partial charge is 0.123 e. The van der Waals surface area contributed by atoms with E-state index in [9.17, 15) is 10.2 Å². The fourth-order valence-electron chi connectivity index (χ4n) is 20.3. The lowest BCUT2D eigenvalue weighted by Crippen LogP contribution is -2.58. The number of benzene rings is 3. The van der Waals surface area contributed by atoms with Crippen LogP contribution >= 0.6 is 35.3 Å². The van der Waals surface area contributed by atoms with E-state index in [0.717, 1.165) is 29.4 Å². The number of ether oxygens (including phenoxy) is 1. The minimum absolute atomic E-state index is 0.143. The molecule has 0 bridgehead atoms. The molecule has 12 atom stereocenters. The summed E-state index contributed by atoms with van der Waals surface area (Å²) in [5, 5.41) is 21.3. The van der Waals surface area contributed by atoms with E-state index >= 15 is 0 Å². The van der Waals surface area contributed by atoms with Crippen molar-refractivity contribution in [1.82, 2.24) is 0 Å². The molecule has 0 radical (unpaired) electrons. The summed E-state index contributed by atoms with van der Waals surface area (Å²) >= 11 is 6.04. The number of methoxy groups -OCH3 is 1. The zero-order valence-electron chi connectivity index (χ0n) is 45.9. The van der Waals surface area contributed by atoms with E-state index in [2.05, 4.69) is 125 Å². The summed E-state index contributed by atoms with van der Waals surface area (Å²) in [6, 6.07) is 18.9. The first-order valence-corrected chi connectivity index (χ1v) is 31.1. The van der Waals surface area contributed by atoms with Crippen molar-refractivity contribution in [2.24, 2.45) is 68.0 Å². The molecule has 3 aromatic rings. The van der Waals surface area contributed by atoms with E-state index in [1.54, 1.807) is 0 Å². The molecule has 3 heterocycles. The SMILES string of the molecule is CC1(C)CCC[C@]2(C)[C@H]3CSc4cccc(O)c4[C@]3(C)CC[C@@H]12.CC1(C)CCC[C@]2(C)[C@H]3CSc4cccc(O)c4[C@]3(C)CC[C@@H]12.COc1cccc2c1[C@]1(C)CC[C@H]3C(C)(C)CCC[C@]3(C)[C@H]1CS2. The largest absolute Gasteiger partial charge is 0.508 e. The average molecular weight is 1010 g/mol. The second-order valence-corrected chi connectivity index (χ2v) is 31.5. The van der Waals surface area contributed by atoms with E-state index in [0.29, 0.717) is 55.8 Å². The minimum atomic E-state index is 0.143. The lowest BCUT2D eigenvalue weighted by atomic mass is 9.43. The molecule has 3 nitrogen and oxygen atoms in total. The average Bonchev–Trinajstić information content (AvgIpc) is 3.28. The topological polar surface area (TPSA) is 49.7 Å². The maximum Gasteiger partial charge on any atom is 0.123 e. The van der Waals surface area contributed by atoms with Gasteiger partial charge in [0.1, 0.15) is 17.2 Å². The minimum Gasteiger partial charge on any atom is -0.508 e. The fourth-order valence-corrected chi connectivity index (χ4v) is 25.5. The highest BCUT2D eigenvalue weighted by molar-refractivity contribution is 7.99. The van der Waals surface area contributed by atoms with Gasteiger partial charge in [0, 0.05) is 64.9 Å². The number of phenols is 2. The van der Waals surface area contributed by atoms with Crippen LogP contribution in [-0.4, -0.2) is 34.6 Å². The lowest BCUT2D eigenvalue weighted by molar-refractivity contribution is -0.0978. The Morgan fingerprint density at radius 1 is 0.400 bits per heavy atom. The molecule has 9 aliphatic rings. The van der Waals surface area contributed by atoms with Gasteiger partial charge in [0.05, 0.1) is 7.11 Å². The van der Waals surface area contributed by atoms with Crippen molar-refractivity contribution in [3.05, 3.63) is 71.3 Å². The van der Waals surface area contributed by atoms with E-state index in [-0.39, 0.29) is 16.2 Å². The summed E-state index contributed by atoms with van der Waals surface area (Å²) in [6.45, 7) is 30.3. The molecular formula is C64H92O3S3. The Kier molecular flexibility index (Phi) is 13.2. The number of phenolic OH excluding ortho intramolecular Hbond substituents is 2. The van der Waals surface area contributed by atoms with Gasteiger partial charge in [-0.25, -0.2) is 0 Å². The highest BCUT2D eigenvalue weighted by Crippen LogP contribution is 2.71. The highest BCUT2D eigenvalue weighted by Gasteiger charge is 2.63. The van der Waals surface area contributed by atoms with Crippen LogP contribution in [0.25, 0.3) is 0 Å². The molecule has 0 aromatic heterocycles. The number of hydrogen-bond acceptors (Lipinski definition) is 6. The van der Waals surface area contributed by atoms with Crippen molar-refractivity contribution in [2.45, 2.75) is 210 Å². The van der Waals surface area contributed by atoms with Gasteiger partial charge < -0.3 is 14.9 Å². The van der Waals surface area contributed by atoms with Crippen LogP contribution in [-0.2, 0) is 16.2 Å². The Morgan fingerprint density at radius 2 is 0.714 bits per heavy atom. The van der Waals surface area contributed by atoms with Gasteiger partial charge in [-0.3, -0.25) is 0 Å². The molecule has 3 aromatic carbocycles. The Balaban J connectivity index is 0.000000122. The van der Waals surface area contributed by atoms with Crippen LogP contribution in [0.1, 0.15) is 196 Å². The molecule has 12 rings (SSSR count). The molecule has 6 fully saturated rings. The quantitative estimate of drug-likeness (QED) is 0.253. The molecule has 0 saturated heterocycles. The number of thioether (sulfide) groups is 3. The third-order valence-electron chi connectivity index (χ3n) is 23.5. The van der Waals surface area contributed by atoms with Crippen LogP contribution in [0.15, 0.2) is 69.3 Å². The summed E-state index contributed by atoms with van der Waals surface area (Å²) in [7, 11) is 1.84. The summed E-state index contributed by atoms with van der Waals surface area (Å²) in [5.41, 5.74) is 7.33. The summed E-state index contributed by atoms with van der Waals surface area (Å²) in [6.07, 6.45) is 20.2. The Bertz CT molecular complexity index is 2330. The first kappa shape index (κ1) is 51.6. The summed E-state index contributed by atoms with van der Waals surface area (Å²) < 4.78 is 5.82. The van der Waals surface area contributed by atoms with E-state index < -0.39 is 0 Å². The lowest BCUT2D eigenvalue weighted by Gasteiger charge is -2.64. The molecule has 384 valence electrons. The molecule has 0 unspecified atom stereocenters. The zero-order valence-corrected chi connectivity index (χ0v) is 48.4. The Hall–Kier alpha value is -1.89. The van der Waals surface area contributed by atoms with Crippen molar-refractivity contribution in [3.63, 3.8) is 0 Å². The van der Waals surface area contributed by atoms with Crippen molar-refractivity contribution >= 4 is 35.3 Å². The predicted molar refractivity (Wildman–Crippen MR) is 299 cm³/mol. The molecule has 0 spiro atoms. The van der Waals surface area contributed by atoms with E-state index in [1.807, 2.05) is 54.9 Å². The molecule has 6 heteroatoms. The normalized spacial score (nSPS) is 41.1. The van der Waals surface area contributed by atoms with E-state index in [1.165, 1.54) is 145 Å². The second kappa shape index (κ2) is 17.9. The summed E-state index contributed by atoms with van der Waals surface area (Å²) in [5.74, 6) is 10.5. The molecule has 3 aliphatic heterocycles. The van der Waals surface area contributed by atoms with Crippen LogP contribution in [0.4, 0.5) is 0 Å². The predicted octanol–water partition coefficient (Wildman–Crippen LogP) is 18.3. The van der Waals surface area contributed by atoms with Crippen LogP contribution in [0.5, 0.6) is 17.2 Å². The first-order chi connectivity index (χ1) is 32.9. The molecular weight excluding hydrogens is 913 g/mol. The first-order valence-electron chi connectivity index (χ1n) is 28.1. The molecule has 6 saturated carbocycles. The second-order valence-electron chi connectivity index (χ2n) is 28.3.